The summed E-state index contributed by atoms with van der Waals surface area (Å²) in [6, 6.07) is 8.50. The average Bonchev–Trinajstić information content (AvgIpc) is 2.42. The van der Waals surface area contributed by atoms with Gasteiger partial charge >= 0.3 is 0 Å². The van der Waals surface area contributed by atoms with Crippen molar-refractivity contribution in [2.45, 2.75) is 27.3 Å². The van der Waals surface area contributed by atoms with Crippen LogP contribution >= 0.6 is 0 Å². The molecule has 0 aliphatic carbocycles. The van der Waals surface area contributed by atoms with E-state index in [1.54, 1.807) is 19.1 Å². The number of hydrogen-bond donors (Lipinski definition) is 1. The summed E-state index contributed by atoms with van der Waals surface area (Å²) in [6.45, 7) is 7.45. The minimum Gasteiger partial charge on any atom is -0.439 e. The number of benzene rings is 1. The molecule has 4 heteroatoms. The normalized spacial score (nSPS) is 10.6. The molecule has 0 saturated heterocycles. The molecule has 0 bridgehead atoms. The molecule has 1 heterocycles. The van der Waals surface area contributed by atoms with Crippen LogP contribution in [0.15, 0.2) is 30.3 Å². The van der Waals surface area contributed by atoms with Crippen LogP contribution in [0, 0.1) is 19.7 Å². The van der Waals surface area contributed by atoms with Gasteiger partial charge in [-0.1, -0.05) is 13.0 Å². The Hall–Kier alpha value is -1.94. The molecule has 1 aromatic heterocycles. The minimum absolute atomic E-state index is 0.234. The second kappa shape index (κ2) is 6.48. The van der Waals surface area contributed by atoms with Crippen molar-refractivity contribution in [3.05, 3.63) is 53.0 Å². The van der Waals surface area contributed by atoms with Crippen LogP contribution < -0.4 is 10.1 Å². The summed E-state index contributed by atoms with van der Waals surface area (Å²) in [6.07, 6.45) is 0. The molecule has 2 aromatic rings. The molecule has 20 heavy (non-hydrogen) atoms. The largest absolute Gasteiger partial charge is 0.439 e. The van der Waals surface area contributed by atoms with Gasteiger partial charge in [-0.3, -0.25) is 0 Å². The van der Waals surface area contributed by atoms with E-state index in [-0.39, 0.29) is 5.82 Å². The molecule has 0 aliphatic heterocycles. The molecule has 1 aromatic carbocycles. The highest BCUT2D eigenvalue weighted by atomic mass is 19.1. The third kappa shape index (κ3) is 3.54. The fourth-order valence-corrected chi connectivity index (χ4v) is 1.87. The number of rotatable bonds is 5. The first-order valence-electron chi connectivity index (χ1n) is 6.71. The lowest BCUT2D eigenvalue weighted by atomic mass is 10.2. The van der Waals surface area contributed by atoms with Gasteiger partial charge in [-0.15, -0.1) is 0 Å². The standard InChI is InChI=1S/C16H19FN2O/c1-4-18-10-13-5-8-16(19-12(13)3)20-14-6-7-15(17)11(2)9-14/h5-9,18H,4,10H2,1-3H3. The molecule has 0 unspecified atom stereocenters. The topological polar surface area (TPSA) is 34.1 Å². The molecule has 0 atom stereocenters. The van der Waals surface area contributed by atoms with Gasteiger partial charge in [0.1, 0.15) is 11.6 Å². The van der Waals surface area contributed by atoms with Crippen LogP contribution in [0.1, 0.15) is 23.7 Å². The first kappa shape index (κ1) is 14.5. The van der Waals surface area contributed by atoms with Crippen molar-refractivity contribution >= 4 is 0 Å². The van der Waals surface area contributed by atoms with Gasteiger partial charge in [-0.05, 0) is 49.7 Å². The molecule has 106 valence electrons. The van der Waals surface area contributed by atoms with E-state index in [2.05, 4.69) is 17.2 Å². The van der Waals surface area contributed by atoms with Gasteiger partial charge in [0.25, 0.3) is 0 Å². The van der Waals surface area contributed by atoms with Crippen molar-refractivity contribution < 1.29 is 9.13 Å². The molecule has 3 nitrogen and oxygen atoms in total. The molecule has 0 saturated carbocycles. The summed E-state index contributed by atoms with van der Waals surface area (Å²) in [4.78, 5) is 4.42. The molecule has 0 aliphatic rings. The second-order valence-electron chi connectivity index (χ2n) is 4.69. The van der Waals surface area contributed by atoms with E-state index in [0.29, 0.717) is 17.2 Å². The lowest BCUT2D eigenvalue weighted by Crippen LogP contribution is -2.13. The molecule has 0 fully saturated rings. The highest BCUT2D eigenvalue weighted by Gasteiger charge is 2.05. The van der Waals surface area contributed by atoms with Crippen LogP contribution in [0.25, 0.3) is 0 Å². The number of aryl methyl sites for hydroxylation is 2. The van der Waals surface area contributed by atoms with Crippen molar-refractivity contribution in [1.82, 2.24) is 10.3 Å². The Morgan fingerprint density at radius 3 is 2.65 bits per heavy atom. The average molecular weight is 274 g/mol. The van der Waals surface area contributed by atoms with E-state index in [9.17, 15) is 4.39 Å². The number of hydrogen-bond acceptors (Lipinski definition) is 3. The first-order chi connectivity index (χ1) is 9.60. The van der Waals surface area contributed by atoms with Crippen molar-refractivity contribution in [3.63, 3.8) is 0 Å². The number of aromatic nitrogens is 1. The van der Waals surface area contributed by atoms with Crippen LogP contribution in [-0.2, 0) is 6.54 Å². The Bertz CT molecular complexity index is 599. The summed E-state index contributed by atoms with van der Waals surface area (Å²) in [5.74, 6) is 0.881. The molecule has 1 N–H and O–H groups in total. The van der Waals surface area contributed by atoms with Gasteiger partial charge in [-0.2, -0.15) is 0 Å². The van der Waals surface area contributed by atoms with Crippen molar-refractivity contribution in [3.8, 4) is 11.6 Å². The van der Waals surface area contributed by atoms with Gasteiger partial charge in [-0.25, -0.2) is 9.37 Å². The summed E-state index contributed by atoms with van der Waals surface area (Å²) in [5, 5.41) is 3.27. The van der Waals surface area contributed by atoms with E-state index >= 15 is 0 Å². The predicted octanol–water partition coefficient (Wildman–Crippen LogP) is 3.74. The monoisotopic (exact) mass is 274 g/mol. The van der Waals surface area contributed by atoms with Gasteiger partial charge < -0.3 is 10.1 Å². The Balaban J connectivity index is 2.13. The summed E-state index contributed by atoms with van der Waals surface area (Å²) >= 11 is 0. The van der Waals surface area contributed by atoms with Crippen molar-refractivity contribution in [2.24, 2.45) is 0 Å². The first-order valence-corrected chi connectivity index (χ1v) is 6.71. The van der Waals surface area contributed by atoms with Crippen molar-refractivity contribution in [2.75, 3.05) is 6.54 Å². The smallest absolute Gasteiger partial charge is 0.219 e. The van der Waals surface area contributed by atoms with Gasteiger partial charge in [0.05, 0.1) is 0 Å². The van der Waals surface area contributed by atoms with E-state index in [1.165, 1.54) is 6.07 Å². The predicted molar refractivity (Wildman–Crippen MR) is 77.6 cm³/mol. The fraction of sp³-hybridized carbons (Fsp3) is 0.312. The Kier molecular flexibility index (Phi) is 4.69. The lowest BCUT2D eigenvalue weighted by Gasteiger charge is -2.10. The van der Waals surface area contributed by atoms with E-state index < -0.39 is 0 Å². The Morgan fingerprint density at radius 2 is 2.00 bits per heavy atom. The van der Waals surface area contributed by atoms with Crippen LogP contribution in [0.3, 0.4) is 0 Å². The highest BCUT2D eigenvalue weighted by Crippen LogP contribution is 2.23. The van der Waals surface area contributed by atoms with E-state index in [0.717, 1.165) is 24.3 Å². The number of halogens is 1. The van der Waals surface area contributed by atoms with Crippen LogP contribution in [0.2, 0.25) is 0 Å². The lowest BCUT2D eigenvalue weighted by molar-refractivity contribution is 0.458. The van der Waals surface area contributed by atoms with Crippen LogP contribution in [-0.4, -0.2) is 11.5 Å². The SMILES string of the molecule is CCNCc1ccc(Oc2ccc(F)c(C)c2)nc1C. The molecule has 0 spiro atoms. The molecule has 0 amide bonds. The molecule has 0 radical (unpaired) electrons. The summed E-state index contributed by atoms with van der Waals surface area (Å²) in [7, 11) is 0. The Morgan fingerprint density at radius 1 is 1.20 bits per heavy atom. The van der Waals surface area contributed by atoms with Gasteiger partial charge in [0.15, 0.2) is 0 Å². The highest BCUT2D eigenvalue weighted by molar-refractivity contribution is 5.33. The minimum atomic E-state index is -0.234. The number of nitrogens with one attached hydrogen (secondary N) is 1. The maximum absolute atomic E-state index is 13.2. The van der Waals surface area contributed by atoms with E-state index in [4.69, 9.17) is 4.74 Å². The third-order valence-corrected chi connectivity index (χ3v) is 3.09. The zero-order valence-corrected chi connectivity index (χ0v) is 12.0. The molecular weight excluding hydrogens is 255 g/mol. The fourth-order valence-electron chi connectivity index (χ4n) is 1.87. The molecular formula is C16H19FN2O. The van der Waals surface area contributed by atoms with E-state index in [1.807, 2.05) is 19.1 Å². The van der Waals surface area contributed by atoms with Crippen LogP contribution in [0.4, 0.5) is 4.39 Å². The van der Waals surface area contributed by atoms with Crippen molar-refractivity contribution in [1.29, 1.82) is 0 Å². The summed E-state index contributed by atoms with van der Waals surface area (Å²) < 4.78 is 18.9. The number of nitrogens with zero attached hydrogens (tertiary/aromatic N) is 1. The van der Waals surface area contributed by atoms with Gasteiger partial charge in [0, 0.05) is 18.3 Å². The molecule has 2 rings (SSSR count). The maximum atomic E-state index is 13.2. The number of pyridine rings is 1. The number of ether oxygens (including phenoxy) is 1. The summed E-state index contributed by atoms with van der Waals surface area (Å²) in [5.41, 5.74) is 2.64. The zero-order chi connectivity index (χ0) is 14.5. The van der Waals surface area contributed by atoms with Gasteiger partial charge in [0.2, 0.25) is 5.88 Å². The zero-order valence-electron chi connectivity index (χ0n) is 12.0. The quantitative estimate of drug-likeness (QED) is 0.902. The Labute approximate surface area is 118 Å². The van der Waals surface area contributed by atoms with Crippen LogP contribution in [0.5, 0.6) is 11.6 Å². The third-order valence-electron chi connectivity index (χ3n) is 3.09. The second-order valence-corrected chi connectivity index (χ2v) is 4.69. The maximum Gasteiger partial charge on any atom is 0.219 e.